The second-order valence-corrected chi connectivity index (χ2v) is 8.26. The topological polar surface area (TPSA) is 69.7 Å². The van der Waals surface area contributed by atoms with E-state index in [-0.39, 0.29) is 17.7 Å². The van der Waals surface area contributed by atoms with Gasteiger partial charge in [0.15, 0.2) is 0 Å². The summed E-state index contributed by atoms with van der Waals surface area (Å²) in [5.41, 5.74) is 2.69. The Morgan fingerprint density at radius 1 is 1.07 bits per heavy atom. The number of amides is 3. The lowest BCUT2D eigenvalue weighted by Gasteiger charge is -2.34. The minimum atomic E-state index is -0.00444. The Morgan fingerprint density at radius 3 is 2.52 bits per heavy atom. The van der Waals surface area contributed by atoms with Crippen LogP contribution in [-0.2, 0) is 22.4 Å². The summed E-state index contributed by atoms with van der Waals surface area (Å²) < 4.78 is 0. The lowest BCUT2D eigenvalue weighted by molar-refractivity contribution is -0.131. The van der Waals surface area contributed by atoms with Gasteiger partial charge in [-0.15, -0.1) is 11.3 Å². The molecule has 0 aliphatic carbocycles. The minimum Gasteiger partial charge on any atom is -0.339 e. The fourth-order valence-corrected chi connectivity index (χ4v) is 4.36. The third-order valence-corrected chi connectivity index (χ3v) is 6.01. The van der Waals surface area contributed by atoms with E-state index in [1.165, 1.54) is 11.3 Å². The number of rotatable bonds is 3. The number of nitrogens with zero attached hydrogens (tertiary/aromatic N) is 2. The van der Waals surface area contributed by atoms with Crippen LogP contribution in [0, 0.1) is 6.92 Å². The van der Waals surface area contributed by atoms with E-state index >= 15 is 0 Å². The maximum atomic E-state index is 12.6. The predicted octanol–water partition coefficient (Wildman–Crippen LogP) is 2.08. The number of hydrogen-bond acceptors (Lipinski definition) is 4. The second-order valence-electron chi connectivity index (χ2n) is 6.98. The Morgan fingerprint density at radius 2 is 1.81 bits per heavy atom. The molecule has 0 atom stereocenters. The van der Waals surface area contributed by atoms with E-state index in [4.69, 9.17) is 0 Å². The first-order valence-corrected chi connectivity index (χ1v) is 9.86. The summed E-state index contributed by atoms with van der Waals surface area (Å²) in [7, 11) is 0. The largest absolute Gasteiger partial charge is 0.339 e. The van der Waals surface area contributed by atoms with Crippen LogP contribution in [0.25, 0.3) is 0 Å². The van der Waals surface area contributed by atoms with Crippen LogP contribution in [0.4, 0.5) is 5.69 Å². The van der Waals surface area contributed by atoms with Crippen molar-refractivity contribution in [3.63, 3.8) is 0 Å². The molecular formula is C20H21N3O3S. The summed E-state index contributed by atoms with van der Waals surface area (Å²) in [5, 5.41) is 2.82. The zero-order valence-electron chi connectivity index (χ0n) is 15.2. The Bertz CT molecular complexity index is 913. The van der Waals surface area contributed by atoms with Crippen molar-refractivity contribution in [3.8, 4) is 0 Å². The molecule has 3 heterocycles. The van der Waals surface area contributed by atoms with E-state index in [1.54, 1.807) is 0 Å². The molecule has 2 aliphatic rings. The summed E-state index contributed by atoms with van der Waals surface area (Å²) in [4.78, 5) is 42.1. The maximum Gasteiger partial charge on any atom is 0.264 e. The molecule has 7 heteroatoms. The van der Waals surface area contributed by atoms with E-state index in [1.807, 2.05) is 47.1 Å². The van der Waals surface area contributed by atoms with Crippen LogP contribution >= 0.6 is 11.3 Å². The average Bonchev–Trinajstić information content (AvgIpc) is 3.25. The highest BCUT2D eigenvalue weighted by atomic mass is 32.1. The Balaban J connectivity index is 1.33. The number of fused-ring (bicyclic) bond motifs is 1. The summed E-state index contributed by atoms with van der Waals surface area (Å²) in [6.45, 7) is 4.21. The van der Waals surface area contributed by atoms with E-state index in [0.29, 0.717) is 39.0 Å². The minimum absolute atomic E-state index is 0.00444. The third kappa shape index (κ3) is 3.73. The maximum absolute atomic E-state index is 12.6. The number of anilines is 1. The van der Waals surface area contributed by atoms with Gasteiger partial charge in [-0.3, -0.25) is 14.4 Å². The highest BCUT2D eigenvalue weighted by Gasteiger charge is 2.26. The SMILES string of the molecule is Cc1ccc(C(=O)N2CCN(C(=O)Cc3ccc4c(c3)NC(=O)C4)CC2)s1. The molecule has 3 amide bonds. The van der Waals surface area contributed by atoms with Crippen molar-refractivity contribution in [3.05, 3.63) is 51.2 Å². The number of aryl methyl sites for hydroxylation is 1. The lowest BCUT2D eigenvalue weighted by Crippen LogP contribution is -2.50. The molecule has 2 aliphatic heterocycles. The van der Waals surface area contributed by atoms with E-state index in [0.717, 1.165) is 26.6 Å². The van der Waals surface area contributed by atoms with Crippen LogP contribution in [0.15, 0.2) is 30.3 Å². The number of benzene rings is 1. The molecule has 0 radical (unpaired) electrons. The number of carbonyl (C=O) groups excluding carboxylic acids is 3. The van der Waals surface area contributed by atoms with Gasteiger partial charge in [0, 0.05) is 36.7 Å². The normalized spacial score (nSPS) is 16.3. The molecule has 140 valence electrons. The number of thiophene rings is 1. The van der Waals surface area contributed by atoms with Crippen molar-refractivity contribution in [1.29, 1.82) is 0 Å². The summed E-state index contributed by atoms with van der Waals surface area (Å²) in [6, 6.07) is 9.53. The van der Waals surface area contributed by atoms with Crippen molar-refractivity contribution in [2.75, 3.05) is 31.5 Å². The number of nitrogens with one attached hydrogen (secondary N) is 1. The van der Waals surface area contributed by atoms with Gasteiger partial charge in [0.25, 0.3) is 5.91 Å². The molecule has 1 aromatic carbocycles. The van der Waals surface area contributed by atoms with Crippen LogP contribution < -0.4 is 5.32 Å². The van der Waals surface area contributed by atoms with E-state index < -0.39 is 0 Å². The first kappa shape index (κ1) is 17.7. The standard InChI is InChI=1S/C20H21N3O3S/c1-13-2-5-17(27-13)20(26)23-8-6-22(7-9-23)19(25)11-14-3-4-15-12-18(24)21-16(15)10-14/h2-5,10H,6-9,11-12H2,1H3,(H,21,24). The summed E-state index contributed by atoms with van der Waals surface area (Å²) in [5.74, 6) is 0.100. The zero-order chi connectivity index (χ0) is 19.0. The van der Waals surface area contributed by atoms with Crippen molar-refractivity contribution in [1.82, 2.24) is 9.80 Å². The molecule has 2 aromatic rings. The highest BCUT2D eigenvalue weighted by molar-refractivity contribution is 7.13. The Hall–Kier alpha value is -2.67. The zero-order valence-corrected chi connectivity index (χ0v) is 16.0. The summed E-state index contributed by atoms with van der Waals surface area (Å²) in [6.07, 6.45) is 0.713. The smallest absolute Gasteiger partial charge is 0.264 e. The van der Waals surface area contributed by atoms with E-state index in [2.05, 4.69) is 5.32 Å². The van der Waals surface area contributed by atoms with Gasteiger partial charge < -0.3 is 15.1 Å². The van der Waals surface area contributed by atoms with Gasteiger partial charge in [-0.2, -0.15) is 0 Å². The van der Waals surface area contributed by atoms with Gasteiger partial charge in [0.2, 0.25) is 11.8 Å². The van der Waals surface area contributed by atoms with Crippen molar-refractivity contribution in [2.45, 2.75) is 19.8 Å². The first-order valence-electron chi connectivity index (χ1n) is 9.05. The Labute approximate surface area is 161 Å². The van der Waals surface area contributed by atoms with Crippen molar-refractivity contribution < 1.29 is 14.4 Å². The highest BCUT2D eigenvalue weighted by Crippen LogP contribution is 2.24. The molecule has 0 spiro atoms. The van der Waals surface area contributed by atoms with Crippen LogP contribution in [0.5, 0.6) is 0 Å². The monoisotopic (exact) mass is 383 g/mol. The van der Waals surface area contributed by atoms with Gasteiger partial charge in [-0.25, -0.2) is 0 Å². The van der Waals surface area contributed by atoms with Crippen molar-refractivity contribution >= 4 is 34.7 Å². The third-order valence-electron chi connectivity index (χ3n) is 5.03. The van der Waals surface area contributed by atoms with Gasteiger partial charge in [0.05, 0.1) is 17.7 Å². The first-order chi connectivity index (χ1) is 13.0. The molecule has 4 rings (SSSR count). The van der Waals surface area contributed by atoms with Gasteiger partial charge in [-0.1, -0.05) is 12.1 Å². The van der Waals surface area contributed by atoms with Crippen LogP contribution in [0.2, 0.25) is 0 Å². The molecule has 0 bridgehead atoms. The fourth-order valence-electron chi connectivity index (χ4n) is 3.52. The quantitative estimate of drug-likeness (QED) is 0.882. The molecule has 1 aromatic heterocycles. The molecule has 0 unspecified atom stereocenters. The molecule has 1 N–H and O–H groups in total. The van der Waals surface area contributed by atoms with Gasteiger partial charge in [-0.05, 0) is 36.2 Å². The Kier molecular flexibility index (Phi) is 4.70. The number of piperazine rings is 1. The van der Waals surface area contributed by atoms with Crippen LogP contribution in [0.1, 0.15) is 25.7 Å². The lowest BCUT2D eigenvalue weighted by atomic mass is 10.1. The molecule has 1 saturated heterocycles. The number of hydrogen-bond donors (Lipinski definition) is 1. The molecule has 27 heavy (non-hydrogen) atoms. The summed E-state index contributed by atoms with van der Waals surface area (Å²) >= 11 is 1.51. The number of carbonyl (C=O) groups is 3. The van der Waals surface area contributed by atoms with Gasteiger partial charge in [0.1, 0.15) is 0 Å². The van der Waals surface area contributed by atoms with E-state index in [9.17, 15) is 14.4 Å². The van der Waals surface area contributed by atoms with Crippen LogP contribution in [-0.4, -0.2) is 53.7 Å². The second kappa shape index (κ2) is 7.15. The van der Waals surface area contributed by atoms with Crippen molar-refractivity contribution in [2.24, 2.45) is 0 Å². The predicted molar refractivity (Wildman–Crippen MR) is 104 cm³/mol. The fraction of sp³-hybridized carbons (Fsp3) is 0.350. The molecule has 0 saturated carbocycles. The molecule has 6 nitrogen and oxygen atoms in total. The molecular weight excluding hydrogens is 362 g/mol. The molecule has 1 fully saturated rings. The average molecular weight is 383 g/mol. The van der Waals surface area contributed by atoms with Gasteiger partial charge >= 0.3 is 0 Å². The van der Waals surface area contributed by atoms with Crippen LogP contribution in [0.3, 0.4) is 0 Å².